The third kappa shape index (κ3) is 3.89. The number of benzene rings is 1. The Morgan fingerprint density at radius 3 is 2.47 bits per heavy atom. The van der Waals surface area contributed by atoms with Crippen molar-refractivity contribution in [1.29, 1.82) is 0 Å². The summed E-state index contributed by atoms with van der Waals surface area (Å²) in [5.74, 6) is 0.769. The molecule has 0 aliphatic heterocycles. The van der Waals surface area contributed by atoms with Gasteiger partial charge in [0, 0.05) is 16.0 Å². The fourth-order valence-electron chi connectivity index (χ4n) is 0.943. The summed E-state index contributed by atoms with van der Waals surface area (Å²) in [6.45, 7) is 0. The molecule has 0 aliphatic rings. The molecule has 1 aromatic carbocycles. The van der Waals surface area contributed by atoms with Crippen molar-refractivity contribution in [2.24, 2.45) is 0 Å². The first-order chi connectivity index (χ1) is 6.95. The first-order valence-corrected chi connectivity index (χ1v) is 6.49. The summed E-state index contributed by atoms with van der Waals surface area (Å²) in [6.07, 6.45) is -4.33. The van der Waals surface area contributed by atoms with Crippen LogP contribution in [-0.4, -0.2) is 11.1 Å². The van der Waals surface area contributed by atoms with Gasteiger partial charge in [0.2, 0.25) is 0 Å². The molecular formula is C9H7BrClF3S. The molecule has 0 aliphatic carbocycles. The van der Waals surface area contributed by atoms with E-state index < -0.39 is 11.7 Å². The predicted molar refractivity (Wildman–Crippen MR) is 61.0 cm³/mol. The van der Waals surface area contributed by atoms with Gasteiger partial charge in [0.25, 0.3) is 0 Å². The van der Waals surface area contributed by atoms with Crippen molar-refractivity contribution in [1.82, 2.24) is 0 Å². The number of halogens is 5. The van der Waals surface area contributed by atoms with E-state index in [4.69, 9.17) is 11.6 Å². The van der Waals surface area contributed by atoms with Crippen molar-refractivity contribution in [2.45, 2.75) is 11.1 Å². The lowest BCUT2D eigenvalue weighted by atomic mass is 10.2. The minimum atomic E-state index is -4.33. The molecule has 0 unspecified atom stereocenters. The molecule has 0 nitrogen and oxygen atoms in total. The molecule has 0 spiro atoms. The van der Waals surface area contributed by atoms with E-state index in [0.29, 0.717) is 4.90 Å². The van der Waals surface area contributed by atoms with Crippen LogP contribution < -0.4 is 0 Å². The minimum Gasteiger partial charge on any atom is -0.166 e. The Labute approximate surface area is 103 Å². The van der Waals surface area contributed by atoms with Gasteiger partial charge in [-0.15, -0.1) is 11.8 Å². The lowest BCUT2D eigenvalue weighted by molar-refractivity contribution is -0.137. The zero-order valence-corrected chi connectivity index (χ0v) is 10.6. The maximum Gasteiger partial charge on any atom is 0.416 e. The lowest BCUT2D eigenvalue weighted by Crippen LogP contribution is -2.04. The van der Waals surface area contributed by atoms with E-state index in [2.05, 4.69) is 15.9 Å². The van der Waals surface area contributed by atoms with Gasteiger partial charge in [-0.1, -0.05) is 27.5 Å². The van der Waals surface area contributed by atoms with Gasteiger partial charge in [-0.25, -0.2) is 0 Å². The Morgan fingerprint density at radius 1 is 1.33 bits per heavy atom. The fourth-order valence-corrected chi connectivity index (χ4v) is 2.43. The van der Waals surface area contributed by atoms with Crippen LogP contribution in [-0.2, 0) is 6.18 Å². The molecule has 0 atom stereocenters. The molecule has 0 radical (unpaired) electrons. The van der Waals surface area contributed by atoms with Crippen molar-refractivity contribution in [3.8, 4) is 0 Å². The average molecular weight is 320 g/mol. The molecule has 0 aromatic heterocycles. The Kier molecular flexibility index (Phi) is 4.80. The van der Waals surface area contributed by atoms with Crippen molar-refractivity contribution in [3.63, 3.8) is 0 Å². The molecule has 1 aromatic rings. The predicted octanol–water partition coefficient (Wildman–Crippen LogP) is 4.85. The molecule has 0 bridgehead atoms. The van der Waals surface area contributed by atoms with Gasteiger partial charge in [-0.05, 0) is 18.2 Å². The summed E-state index contributed by atoms with van der Waals surface area (Å²) in [7, 11) is 0. The third-order valence-corrected chi connectivity index (χ3v) is 4.02. The second-order valence-electron chi connectivity index (χ2n) is 2.68. The molecule has 0 fully saturated rings. The van der Waals surface area contributed by atoms with Gasteiger partial charge in [-0.2, -0.15) is 13.2 Å². The number of hydrogen-bond acceptors (Lipinski definition) is 1. The SMILES string of the molecule is FC(F)(F)c1ccc(SCCBr)c(Cl)c1. The summed E-state index contributed by atoms with van der Waals surface area (Å²) in [5, 5.41) is 0.922. The number of rotatable bonds is 3. The van der Waals surface area contributed by atoms with E-state index in [1.165, 1.54) is 17.8 Å². The van der Waals surface area contributed by atoms with Gasteiger partial charge in [-0.3, -0.25) is 0 Å². The van der Waals surface area contributed by atoms with Gasteiger partial charge in [0.15, 0.2) is 0 Å². The number of thioether (sulfide) groups is 1. The van der Waals surface area contributed by atoms with E-state index in [-0.39, 0.29) is 5.02 Å². The Morgan fingerprint density at radius 2 is 2.00 bits per heavy atom. The van der Waals surface area contributed by atoms with Crippen LogP contribution in [0.4, 0.5) is 13.2 Å². The normalized spacial score (nSPS) is 11.8. The molecule has 15 heavy (non-hydrogen) atoms. The zero-order valence-electron chi connectivity index (χ0n) is 7.44. The molecule has 6 heteroatoms. The highest BCUT2D eigenvalue weighted by Gasteiger charge is 2.30. The molecule has 0 heterocycles. The molecule has 1 rings (SSSR count). The maximum absolute atomic E-state index is 12.3. The molecular weight excluding hydrogens is 313 g/mol. The van der Waals surface area contributed by atoms with Gasteiger partial charge in [0.1, 0.15) is 0 Å². The zero-order chi connectivity index (χ0) is 11.5. The van der Waals surface area contributed by atoms with Crippen LogP contribution in [0.25, 0.3) is 0 Å². The van der Waals surface area contributed by atoms with Crippen molar-refractivity contribution in [3.05, 3.63) is 28.8 Å². The van der Waals surface area contributed by atoms with Crippen molar-refractivity contribution in [2.75, 3.05) is 11.1 Å². The maximum atomic E-state index is 12.3. The summed E-state index contributed by atoms with van der Waals surface area (Å²) < 4.78 is 36.8. The number of hydrogen-bond donors (Lipinski definition) is 0. The third-order valence-electron chi connectivity index (χ3n) is 1.59. The average Bonchev–Trinajstić information content (AvgIpc) is 2.14. The van der Waals surface area contributed by atoms with Gasteiger partial charge in [0.05, 0.1) is 10.6 Å². The quantitative estimate of drug-likeness (QED) is 0.567. The van der Waals surface area contributed by atoms with Crippen LogP contribution >= 0.6 is 39.3 Å². The van der Waals surface area contributed by atoms with Crippen LogP contribution in [0.15, 0.2) is 23.1 Å². The lowest BCUT2D eigenvalue weighted by Gasteiger charge is -2.09. The summed E-state index contributed by atoms with van der Waals surface area (Å²) in [6, 6.07) is 3.40. The van der Waals surface area contributed by atoms with Gasteiger partial charge >= 0.3 is 6.18 Å². The first-order valence-electron chi connectivity index (χ1n) is 4.00. The Balaban J connectivity index is 2.88. The van der Waals surface area contributed by atoms with E-state index in [0.717, 1.165) is 23.2 Å². The van der Waals surface area contributed by atoms with Crippen LogP contribution in [0, 0.1) is 0 Å². The number of alkyl halides is 4. The fraction of sp³-hybridized carbons (Fsp3) is 0.333. The molecule has 0 N–H and O–H groups in total. The van der Waals surface area contributed by atoms with Crippen LogP contribution in [0.3, 0.4) is 0 Å². The Hall–Kier alpha value is 0.130. The van der Waals surface area contributed by atoms with Crippen LogP contribution in [0.5, 0.6) is 0 Å². The van der Waals surface area contributed by atoms with E-state index >= 15 is 0 Å². The highest BCUT2D eigenvalue weighted by atomic mass is 79.9. The first kappa shape index (κ1) is 13.2. The van der Waals surface area contributed by atoms with E-state index in [1.54, 1.807) is 0 Å². The summed E-state index contributed by atoms with van der Waals surface area (Å²) in [5.41, 5.74) is -0.712. The summed E-state index contributed by atoms with van der Waals surface area (Å²) in [4.78, 5) is 0.670. The molecule has 0 amide bonds. The highest BCUT2D eigenvalue weighted by molar-refractivity contribution is 9.09. The van der Waals surface area contributed by atoms with Crippen molar-refractivity contribution >= 4 is 39.3 Å². The molecule has 0 saturated carbocycles. The molecule has 0 saturated heterocycles. The van der Waals surface area contributed by atoms with Crippen LogP contribution in [0.2, 0.25) is 5.02 Å². The largest absolute Gasteiger partial charge is 0.416 e. The Bertz CT molecular complexity index is 341. The second-order valence-corrected chi connectivity index (χ2v) is 5.02. The van der Waals surface area contributed by atoms with Crippen molar-refractivity contribution < 1.29 is 13.2 Å². The molecule has 84 valence electrons. The van der Waals surface area contributed by atoms with E-state index in [1.807, 2.05) is 0 Å². The smallest absolute Gasteiger partial charge is 0.166 e. The second kappa shape index (κ2) is 5.46. The standard InChI is InChI=1S/C9H7BrClF3S/c10-3-4-15-8-2-1-6(5-7(8)11)9(12,13)14/h1-2,5H,3-4H2. The monoisotopic (exact) mass is 318 g/mol. The van der Waals surface area contributed by atoms with Crippen LogP contribution in [0.1, 0.15) is 5.56 Å². The highest BCUT2D eigenvalue weighted by Crippen LogP contribution is 2.35. The van der Waals surface area contributed by atoms with Gasteiger partial charge < -0.3 is 0 Å². The minimum absolute atomic E-state index is 0.149. The topological polar surface area (TPSA) is 0 Å². The van der Waals surface area contributed by atoms with E-state index in [9.17, 15) is 13.2 Å². The summed E-state index contributed by atoms with van der Waals surface area (Å²) >= 11 is 10.4.